The molecule has 1 aromatic rings. The predicted octanol–water partition coefficient (Wildman–Crippen LogP) is 4.68. The lowest BCUT2D eigenvalue weighted by Crippen LogP contribution is -2.32. The number of halogens is 3. The zero-order valence-corrected chi connectivity index (χ0v) is 15.8. The number of nitrogens with one attached hydrogen (secondary N) is 1. The van der Waals surface area contributed by atoms with Gasteiger partial charge in [-0.2, -0.15) is 0 Å². The van der Waals surface area contributed by atoms with Gasteiger partial charge < -0.3 is 5.32 Å². The molecule has 2 aliphatic heterocycles. The summed E-state index contributed by atoms with van der Waals surface area (Å²) in [5, 5.41) is 5.22. The smallest absolute Gasteiger partial charge is 0.161 e. The van der Waals surface area contributed by atoms with Crippen molar-refractivity contribution in [3.05, 3.63) is 28.8 Å². The van der Waals surface area contributed by atoms with E-state index in [0.717, 1.165) is 28.2 Å². The molecule has 2 heterocycles. The Morgan fingerprint density at radius 2 is 2.05 bits per heavy atom. The lowest BCUT2D eigenvalue weighted by molar-refractivity contribution is 0.280. The molecule has 3 rings (SSSR count). The quantitative estimate of drug-likeness (QED) is 0.822. The predicted molar refractivity (Wildman–Crippen MR) is 103 cm³/mol. The highest BCUT2D eigenvalue weighted by molar-refractivity contribution is 8.14. The second-order valence-corrected chi connectivity index (χ2v) is 6.90. The van der Waals surface area contributed by atoms with E-state index in [0.29, 0.717) is 6.04 Å². The highest BCUT2D eigenvalue weighted by Gasteiger charge is 2.19. The monoisotopic (exact) mass is 381 g/mol. The minimum Gasteiger partial charge on any atom is -0.335 e. The van der Waals surface area contributed by atoms with Crippen molar-refractivity contribution in [1.82, 2.24) is 4.90 Å². The van der Waals surface area contributed by atoms with Gasteiger partial charge in [0.25, 0.3) is 0 Å². The van der Waals surface area contributed by atoms with Crippen molar-refractivity contribution in [3.63, 3.8) is 0 Å². The molecule has 0 spiro atoms. The number of thioether (sulfide) groups is 1. The van der Waals surface area contributed by atoms with Gasteiger partial charge in [0.15, 0.2) is 5.17 Å². The first-order valence-electron chi connectivity index (χ1n) is 7.19. The number of aliphatic imine (C=N–C) groups is 1. The van der Waals surface area contributed by atoms with Crippen LogP contribution in [0.1, 0.15) is 25.3 Å². The number of nitrogens with zero attached hydrogens (tertiary/aromatic N) is 2. The molecule has 1 fully saturated rings. The highest BCUT2D eigenvalue weighted by atomic mass is 35.5. The number of anilines is 1. The number of benzene rings is 1. The van der Waals surface area contributed by atoms with Crippen molar-refractivity contribution in [1.29, 1.82) is 0 Å². The Labute approximate surface area is 154 Å². The third kappa shape index (κ3) is 4.93. The number of hydrogen-bond acceptors (Lipinski definition) is 4. The molecule has 0 bridgehead atoms. The van der Waals surface area contributed by atoms with Crippen LogP contribution in [0.2, 0.25) is 5.02 Å². The maximum Gasteiger partial charge on any atom is 0.161 e. The summed E-state index contributed by atoms with van der Waals surface area (Å²) in [4.78, 5) is 7.18. The van der Waals surface area contributed by atoms with Gasteiger partial charge in [-0.05, 0) is 56.6 Å². The van der Waals surface area contributed by atoms with Crippen LogP contribution in [0.25, 0.3) is 0 Å². The van der Waals surface area contributed by atoms with E-state index in [2.05, 4.69) is 22.1 Å². The maximum atomic E-state index is 6.00. The highest BCUT2D eigenvalue weighted by Crippen LogP contribution is 2.27. The van der Waals surface area contributed by atoms with Crippen LogP contribution in [-0.2, 0) is 6.54 Å². The number of fused-ring (bicyclic) bond motifs is 1. The molecule has 0 aromatic heterocycles. The molecule has 0 aliphatic carbocycles. The number of hydrogen-bond donors (Lipinski definition) is 1. The van der Waals surface area contributed by atoms with Crippen LogP contribution in [0.5, 0.6) is 0 Å². The molecule has 0 amide bonds. The lowest BCUT2D eigenvalue weighted by atomic mass is 10.1. The fraction of sp³-hybridized carbons (Fsp3) is 0.533. The summed E-state index contributed by atoms with van der Waals surface area (Å²) in [6.07, 6.45) is 2.70. The Hall–Kier alpha value is -0.130. The molecular weight excluding hydrogens is 361 g/mol. The minimum atomic E-state index is 0. The van der Waals surface area contributed by atoms with E-state index in [1.165, 1.54) is 31.5 Å². The van der Waals surface area contributed by atoms with Crippen LogP contribution in [0, 0.1) is 0 Å². The molecule has 1 atom stereocenters. The fourth-order valence-corrected chi connectivity index (χ4v) is 3.84. The second-order valence-electron chi connectivity index (χ2n) is 5.45. The number of amidine groups is 1. The molecule has 7 heteroatoms. The van der Waals surface area contributed by atoms with Crippen LogP contribution < -0.4 is 5.32 Å². The van der Waals surface area contributed by atoms with Gasteiger partial charge in [-0.3, -0.25) is 9.89 Å². The van der Waals surface area contributed by atoms with Crippen molar-refractivity contribution in [2.45, 2.75) is 32.4 Å². The van der Waals surface area contributed by atoms with Crippen LogP contribution in [0.15, 0.2) is 23.2 Å². The summed E-state index contributed by atoms with van der Waals surface area (Å²) in [7, 11) is 0. The number of likely N-dealkylation sites (tertiary alicyclic amines) is 1. The topological polar surface area (TPSA) is 27.6 Å². The van der Waals surface area contributed by atoms with E-state index in [1.807, 2.05) is 30.0 Å². The van der Waals surface area contributed by atoms with Gasteiger partial charge in [-0.25, -0.2) is 0 Å². The largest absolute Gasteiger partial charge is 0.335 e. The first kappa shape index (κ1) is 19.9. The summed E-state index contributed by atoms with van der Waals surface area (Å²) in [6.45, 7) is 5.55. The van der Waals surface area contributed by atoms with Gasteiger partial charge in [0.05, 0.1) is 6.54 Å². The van der Waals surface area contributed by atoms with Crippen molar-refractivity contribution in [2.75, 3.05) is 24.2 Å². The molecule has 0 saturated carbocycles. The van der Waals surface area contributed by atoms with E-state index >= 15 is 0 Å². The first-order valence-corrected chi connectivity index (χ1v) is 8.55. The molecule has 0 radical (unpaired) electrons. The summed E-state index contributed by atoms with van der Waals surface area (Å²) >= 11 is 7.83. The lowest BCUT2D eigenvalue weighted by Gasteiger charge is -2.24. The first-order chi connectivity index (χ1) is 9.72. The Morgan fingerprint density at radius 3 is 2.77 bits per heavy atom. The van der Waals surface area contributed by atoms with Gasteiger partial charge in [0.1, 0.15) is 0 Å². The Balaban J connectivity index is 0.00000121. The van der Waals surface area contributed by atoms with Crippen molar-refractivity contribution in [3.8, 4) is 0 Å². The molecule has 1 saturated heterocycles. The zero-order valence-electron chi connectivity index (χ0n) is 12.5. The summed E-state index contributed by atoms with van der Waals surface area (Å²) < 4.78 is 0. The van der Waals surface area contributed by atoms with Gasteiger partial charge in [-0.1, -0.05) is 23.4 Å². The minimum absolute atomic E-state index is 0. The SMILES string of the molecule is CC(CSC1=NCc2cc(Cl)ccc2N1)N1CCCC1.Cl.Cl. The summed E-state index contributed by atoms with van der Waals surface area (Å²) in [5.41, 5.74) is 2.31. The molecule has 22 heavy (non-hydrogen) atoms. The Kier molecular flexibility index (Phi) is 8.36. The van der Waals surface area contributed by atoms with E-state index in [-0.39, 0.29) is 24.8 Å². The molecule has 2 aliphatic rings. The van der Waals surface area contributed by atoms with E-state index in [4.69, 9.17) is 11.6 Å². The second kappa shape index (κ2) is 9.24. The van der Waals surface area contributed by atoms with Crippen LogP contribution in [0.4, 0.5) is 5.69 Å². The number of rotatable bonds is 3. The van der Waals surface area contributed by atoms with Crippen molar-refractivity contribution < 1.29 is 0 Å². The third-order valence-corrected chi connectivity index (χ3v) is 5.32. The Bertz CT molecular complexity index is 519. The average Bonchev–Trinajstić information content (AvgIpc) is 2.99. The van der Waals surface area contributed by atoms with Crippen molar-refractivity contribution in [2.24, 2.45) is 4.99 Å². The standard InChI is InChI=1S/C15H20ClN3S.2ClH/c1-11(19-6-2-3-7-19)10-20-15-17-9-12-8-13(16)4-5-14(12)18-15;;/h4-5,8,11H,2-3,6-7,9-10H2,1H3,(H,17,18);2*1H. The Morgan fingerprint density at radius 1 is 1.32 bits per heavy atom. The van der Waals surface area contributed by atoms with Crippen molar-refractivity contribution >= 4 is 59.0 Å². The molecule has 3 nitrogen and oxygen atoms in total. The fourth-order valence-electron chi connectivity index (χ4n) is 2.70. The van der Waals surface area contributed by atoms with Crippen LogP contribution >= 0.6 is 48.2 Å². The molecular formula is C15H22Cl3N3S. The summed E-state index contributed by atoms with van der Waals surface area (Å²) in [6, 6.07) is 6.57. The molecule has 1 aromatic carbocycles. The maximum absolute atomic E-state index is 6.00. The van der Waals surface area contributed by atoms with Crippen LogP contribution in [-0.4, -0.2) is 35.0 Å². The van der Waals surface area contributed by atoms with Gasteiger partial charge in [-0.15, -0.1) is 24.8 Å². The third-order valence-electron chi connectivity index (χ3n) is 3.93. The van der Waals surface area contributed by atoms with E-state index < -0.39 is 0 Å². The molecule has 1 N–H and O–H groups in total. The van der Waals surface area contributed by atoms with E-state index in [1.54, 1.807) is 0 Å². The average molecular weight is 383 g/mol. The van der Waals surface area contributed by atoms with Gasteiger partial charge in [0, 0.05) is 22.5 Å². The molecule has 124 valence electrons. The zero-order chi connectivity index (χ0) is 13.9. The van der Waals surface area contributed by atoms with Crippen LogP contribution in [0.3, 0.4) is 0 Å². The molecule has 1 unspecified atom stereocenters. The van der Waals surface area contributed by atoms with Gasteiger partial charge >= 0.3 is 0 Å². The summed E-state index contributed by atoms with van der Waals surface area (Å²) in [5.74, 6) is 1.09. The normalized spacial score (nSPS) is 18.4. The van der Waals surface area contributed by atoms with Gasteiger partial charge in [0.2, 0.25) is 0 Å². The van der Waals surface area contributed by atoms with E-state index in [9.17, 15) is 0 Å².